The van der Waals surface area contributed by atoms with E-state index >= 15 is 0 Å². The third-order valence-corrected chi connectivity index (χ3v) is 4.52. The summed E-state index contributed by atoms with van der Waals surface area (Å²) in [5.74, 6) is -2.29. The SMILES string of the molecule is Cc1ccc(OS(=O)(=O)CCC(C(C)(C)C)C(F)(F)F)cc1. The molecule has 3 nitrogen and oxygen atoms in total. The molecule has 7 heteroatoms. The number of aryl methyl sites for hydroxylation is 1. The maximum atomic E-state index is 13.0. The second-order valence-corrected chi connectivity index (χ2v) is 8.10. The van der Waals surface area contributed by atoms with Crippen molar-refractivity contribution >= 4 is 10.1 Å². The van der Waals surface area contributed by atoms with Crippen molar-refractivity contribution in [1.82, 2.24) is 0 Å². The predicted molar refractivity (Wildman–Crippen MR) is 79.2 cm³/mol. The molecule has 1 aromatic carbocycles. The van der Waals surface area contributed by atoms with E-state index in [0.717, 1.165) is 5.56 Å². The maximum Gasteiger partial charge on any atom is 0.392 e. The first-order valence-corrected chi connectivity index (χ1v) is 8.44. The lowest BCUT2D eigenvalue weighted by molar-refractivity contribution is -0.200. The largest absolute Gasteiger partial charge is 0.392 e. The van der Waals surface area contributed by atoms with E-state index in [-0.39, 0.29) is 5.75 Å². The highest BCUT2D eigenvalue weighted by Gasteiger charge is 2.46. The van der Waals surface area contributed by atoms with E-state index in [1.54, 1.807) is 12.1 Å². The summed E-state index contributed by atoms with van der Waals surface area (Å²) in [7, 11) is -4.06. The zero-order valence-electron chi connectivity index (χ0n) is 13.1. The Morgan fingerprint density at radius 2 is 1.59 bits per heavy atom. The third-order valence-electron chi connectivity index (χ3n) is 3.34. The van der Waals surface area contributed by atoms with Crippen LogP contribution in [0.5, 0.6) is 5.75 Å². The first kappa shape index (κ1) is 18.8. The van der Waals surface area contributed by atoms with Gasteiger partial charge in [0.1, 0.15) is 5.75 Å². The van der Waals surface area contributed by atoms with Gasteiger partial charge in [-0.15, -0.1) is 0 Å². The summed E-state index contributed by atoms with van der Waals surface area (Å²) in [4.78, 5) is 0. The lowest BCUT2D eigenvalue weighted by Crippen LogP contribution is -2.36. The standard InChI is InChI=1S/C15H21F3O3S/c1-11-5-7-12(8-6-11)21-22(19,20)10-9-13(14(2,3)4)15(16,17)18/h5-8,13H,9-10H2,1-4H3. The van der Waals surface area contributed by atoms with Gasteiger partial charge < -0.3 is 4.18 Å². The van der Waals surface area contributed by atoms with Crippen LogP contribution in [0.15, 0.2) is 24.3 Å². The van der Waals surface area contributed by atoms with E-state index in [9.17, 15) is 21.6 Å². The van der Waals surface area contributed by atoms with Crippen LogP contribution in [0.25, 0.3) is 0 Å². The smallest absolute Gasteiger partial charge is 0.382 e. The minimum Gasteiger partial charge on any atom is -0.382 e. The molecule has 0 radical (unpaired) electrons. The summed E-state index contributed by atoms with van der Waals surface area (Å²) in [6.07, 6.45) is -4.97. The van der Waals surface area contributed by atoms with Gasteiger partial charge in [-0.1, -0.05) is 38.5 Å². The van der Waals surface area contributed by atoms with Crippen molar-refractivity contribution in [2.45, 2.75) is 40.3 Å². The van der Waals surface area contributed by atoms with Gasteiger partial charge in [0.15, 0.2) is 0 Å². The van der Waals surface area contributed by atoms with E-state index in [4.69, 9.17) is 4.18 Å². The topological polar surface area (TPSA) is 43.4 Å². The molecule has 126 valence electrons. The number of alkyl halides is 3. The molecule has 0 saturated carbocycles. The van der Waals surface area contributed by atoms with Crippen LogP contribution in [0, 0.1) is 18.3 Å². The van der Waals surface area contributed by atoms with Gasteiger partial charge in [-0.3, -0.25) is 0 Å². The van der Waals surface area contributed by atoms with Crippen LogP contribution >= 0.6 is 0 Å². The van der Waals surface area contributed by atoms with Crippen LogP contribution in [0.4, 0.5) is 13.2 Å². The summed E-state index contributed by atoms with van der Waals surface area (Å²) in [6.45, 7) is 6.16. The average Bonchev–Trinajstić information content (AvgIpc) is 2.28. The van der Waals surface area contributed by atoms with Gasteiger partial charge in [0.2, 0.25) is 0 Å². The molecule has 1 unspecified atom stereocenters. The van der Waals surface area contributed by atoms with E-state index in [1.807, 2.05) is 6.92 Å². The Bertz CT molecular complexity index is 570. The first-order valence-electron chi connectivity index (χ1n) is 6.87. The molecule has 0 N–H and O–H groups in total. The van der Waals surface area contributed by atoms with Crippen molar-refractivity contribution in [1.29, 1.82) is 0 Å². The van der Waals surface area contributed by atoms with Gasteiger partial charge in [-0.2, -0.15) is 21.6 Å². The van der Waals surface area contributed by atoms with E-state index in [0.29, 0.717) is 0 Å². The molecule has 0 bridgehead atoms. The van der Waals surface area contributed by atoms with Crippen LogP contribution in [-0.2, 0) is 10.1 Å². The molecule has 0 aromatic heterocycles. The van der Waals surface area contributed by atoms with E-state index in [1.165, 1.54) is 32.9 Å². The fourth-order valence-corrected chi connectivity index (χ4v) is 3.14. The molecule has 1 rings (SSSR count). The van der Waals surface area contributed by atoms with Crippen LogP contribution in [0.3, 0.4) is 0 Å². The molecule has 0 aliphatic rings. The Hall–Kier alpha value is -1.24. The van der Waals surface area contributed by atoms with Crippen LogP contribution in [0.2, 0.25) is 0 Å². The molecule has 0 heterocycles. The molecule has 0 aliphatic heterocycles. The van der Waals surface area contributed by atoms with Gasteiger partial charge in [0, 0.05) is 0 Å². The van der Waals surface area contributed by atoms with Crippen molar-refractivity contribution in [2.75, 3.05) is 5.75 Å². The summed E-state index contributed by atoms with van der Waals surface area (Å²) >= 11 is 0. The number of hydrogen-bond donors (Lipinski definition) is 0. The quantitative estimate of drug-likeness (QED) is 0.751. The molecule has 1 aromatic rings. The summed E-state index contributed by atoms with van der Waals surface area (Å²) < 4.78 is 67.6. The van der Waals surface area contributed by atoms with Crippen molar-refractivity contribution in [3.8, 4) is 5.75 Å². The van der Waals surface area contributed by atoms with Gasteiger partial charge in [-0.05, 0) is 30.9 Å². The average molecular weight is 338 g/mol. The normalized spacial score (nSPS) is 14.7. The molecule has 22 heavy (non-hydrogen) atoms. The van der Waals surface area contributed by atoms with Crippen molar-refractivity contribution < 1.29 is 25.8 Å². The first-order chi connectivity index (χ1) is 9.81. The Kier molecular flexibility index (Phi) is 5.54. The zero-order chi connectivity index (χ0) is 17.2. The maximum absolute atomic E-state index is 13.0. The van der Waals surface area contributed by atoms with Gasteiger partial charge in [-0.25, -0.2) is 0 Å². The molecule has 0 fully saturated rings. The van der Waals surface area contributed by atoms with Gasteiger partial charge in [0.25, 0.3) is 0 Å². The Balaban J connectivity index is 2.77. The summed E-state index contributed by atoms with van der Waals surface area (Å²) in [6, 6.07) is 6.27. The highest BCUT2D eigenvalue weighted by Crippen LogP contribution is 2.41. The number of hydrogen-bond acceptors (Lipinski definition) is 3. The Morgan fingerprint density at radius 1 is 1.09 bits per heavy atom. The number of rotatable bonds is 5. The molecule has 1 atom stereocenters. The van der Waals surface area contributed by atoms with Crippen LogP contribution in [0.1, 0.15) is 32.8 Å². The van der Waals surface area contributed by atoms with Crippen LogP contribution < -0.4 is 4.18 Å². The van der Waals surface area contributed by atoms with Gasteiger partial charge >= 0.3 is 16.3 Å². The van der Waals surface area contributed by atoms with E-state index < -0.39 is 39.8 Å². The highest BCUT2D eigenvalue weighted by molar-refractivity contribution is 7.87. The number of benzene rings is 1. The van der Waals surface area contributed by atoms with E-state index in [2.05, 4.69) is 0 Å². The third kappa shape index (κ3) is 5.87. The number of halogens is 3. The lowest BCUT2D eigenvalue weighted by Gasteiger charge is -2.32. The Morgan fingerprint density at radius 3 is 2.00 bits per heavy atom. The lowest BCUT2D eigenvalue weighted by atomic mass is 9.79. The highest BCUT2D eigenvalue weighted by atomic mass is 32.2. The predicted octanol–water partition coefficient (Wildman–Crippen LogP) is 4.32. The zero-order valence-corrected chi connectivity index (χ0v) is 13.9. The van der Waals surface area contributed by atoms with Crippen molar-refractivity contribution in [2.24, 2.45) is 11.3 Å². The van der Waals surface area contributed by atoms with Crippen molar-refractivity contribution in [3.63, 3.8) is 0 Å². The molecular weight excluding hydrogens is 317 g/mol. The molecule has 0 amide bonds. The second kappa shape index (κ2) is 6.48. The summed E-state index contributed by atoms with van der Waals surface area (Å²) in [5.41, 5.74) is -0.146. The molecular formula is C15H21F3O3S. The van der Waals surface area contributed by atoms with Crippen LogP contribution in [-0.4, -0.2) is 20.3 Å². The van der Waals surface area contributed by atoms with Crippen molar-refractivity contribution in [3.05, 3.63) is 29.8 Å². The molecule has 0 spiro atoms. The molecule has 0 saturated heterocycles. The minimum absolute atomic E-state index is 0.102. The fraction of sp³-hybridized carbons (Fsp3) is 0.600. The summed E-state index contributed by atoms with van der Waals surface area (Å²) in [5, 5.41) is 0. The monoisotopic (exact) mass is 338 g/mol. The van der Waals surface area contributed by atoms with Gasteiger partial charge in [0.05, 0.1) is 11.7 Å². The minimum atomic E-state index is -4.45. The fourth-order valence-electron chi connectivity index (χ4n) is 2.13. The Labute approximate surface area is 129 Å². The second-order valence-electron chi connectivity index (χ2n) is 6.41. The molecule has 0 aliphatic carbocycles.